The molecule has 0 aromatic heterocycles. The van der Waals surface area contributed by atoms with Gasteiger partial charge in [0.2, 0.25) is 0 Å². The van der Waals surface area contributed by atoms with Crippen molar-refractivity contribution in [2.24, 2.45) is 10.9 Å². The summed E-state index contributed by atoms with van der Waals surface area (Å²) in [5.74, 6) is -0.306. The number of rotatable bonds is 7. The zero-order valence-corrected chi connectivity index (χ0v) is 9.97. The van der Waals surface area contributed by atoms with Crippen LogP contribution >= 0.6 is 0 Å². The third-order valence-corrected chi connectivity index (χ3v) is 2.39. The predicted molar refractivity (Wildman–Crippen MR) is 65.3 cm³/mol. The van der Waals surface area contributed by atoms with E-state index in [1.165, 1.54) is 12.1 Å². The minimum atomic E-state index is -0.482. The fourth-order valence-electron chi connectivity index (χ4n) is 1.45. The number of amidine groups is 1. The maximum Gasteiger partial charge on any atom is 0.173 e. The zero-order chi connectivity index (χ0) is 13.4. The smallest absolute Gasteiger partial charge is 0.173 e. The van der Waals surface area contributed by atoms with E-state index in [1.807, 2.05) is 0 Å². The van der Waals surface area contributed by atoms with Gasteiger partial charge in [-0.25, -0.2) is 4.39 Å². The molecule has 0 aliphatic rings. The maximum atomic E-state index is 13.1. The van der Waals surface area contributed by atoms with Crippen LogP contribution in [-0.2, 0) is 0 Å². The lowest BCUT2D eigenvalue weighted by Gasteiger charge is -2.10. The Labute approximate surface area is 105 Å². The number of nitrogens with zero attached hydrogens (tertiary/aromatic N) is 1. The van der Waals surface area contributed by atoms with Crippen LogP contribution in [0, 0.1) is 5.82 Å². The summed E-state index contributed by atoms with van der Waals surface area (Å²) in [5.41, 5.74) is 5.66. The normalized spacial score (nSPS) is 11.6. The molecule has 0 aliphatic carbocycles. The SMILES string of the molecule is N/C(=N/O)c1cc(F)ccc1OCCCCCO. The van der Waals surface area contributed by atoms with Gasteiger partial charge < -0.3 is 20.8 Å². The molecule has 0 heterocycles. The van der Waals surface area contributed by atoms with Crippen molar-refractivity contribution >= 4 is 5.84 Å². The lowest BCUT2D eigenvalue weighted by molar-refractivity contribution is 0.265. The Balaban J connectivity index is 2.64. The number of hydrogen-bond acceptors (Lipinski definition) is 4. The number of benzene rings is 1. The highest BCUT2D eigenvalue weighted by atomic mass is 19.1. The highest BCUT2D eigenvalue weighted by molar-refractivity contribution is 5.99. The van der Waals surface area contributed by atoms with Gasteiger partial charge in [-0.05, 0) is 37.5 Å². The van der Waals surface area contributed by atoms with Crippen molar-refractivity contribution in [1.82, 2.24) is 0 Å². The quantitative estimate of drug-likeness (QED) is 0.226. The summed E-state index contributed by atoms with van der Waals surface area (Å²) >= 11 is 0. The third kappa shape index (κ3) is 4.21. The van der Waals surface area contributed by atoms with Gasteiger partial charge in [0.25, 0.3) is 0 Å². The van der Waals surface area contributed by atoms with E-state index >= 15 is 0 Å². The first-order valence-corrected chi connectivity index (χ1v) is 5.70. The predicted octanol–water partition coefficient (Wildman–Crippen LogP) is 1.46. The van der Waals surface area contributed by atoms with Gasteiger partial charge in [-0.2, -0.15) is 0 Å². The third-order valence-electron chi connectivity index (χ3n) is 2.39. The van der Waals surface area contributed by atoms with Crippen molar-refractivity contribution in [3.63, 3.8) is 0 Å². The second-order valence-electron chi connectivity index (χ2n) is 3.76. The molecule has 1 aromatic rings. The average Bonchev–Trinajstić information content (AvgIpc) is 2.39. The van der Waals surface area contributed by atoms with Crippen molar-refractivity contribution in [3.05, 3.63) is 29.6 Å². The standard InChI is InChI=1S/C12H17FN2O3/c13-9-4-5-11(10(8-9)12(14)15-17)18-7-3-1-2-6-16/h4-5,8,16-17H,1-3,6-7H2,(H2,14,15). The number of hydrogen-bond donors (Lipinski definition) is 3. The van der Waals surface area contributed by atoms with Crippen LogP contribution in [0.25, 0.3) is 0 Å². The molecule has 1 rings (SSSR count). The zero-order valence-electron chi connectivity index (χ0n) is 9.97. The van der Waals surface area contributed by atoms with Crippen LogP contribution in [0.3, 0.4) is 0 Å². The fourth-order valence-corrected chi connectivity index (χ4v) is 1.45. The number of nitrogens with two attached hydrogens (primary N) is 1. The molecule has 1 aromatic carbocycles. The second kappa shape index (κ2) is 7.50. The Hall–Kier alpha value is -1.82. The highest BCUT2D eigenvalue weighted by Crippen LogP contribution is 2.20. The Kier molecular flexibility index (Phi) is 5.93. The monoisotopic (exact) mass is 256 g/mol. The first-order valence-electron chi connectivity index (χ1n) is 5.70. The van der Waals surface area contributed by atoms with Gasteiger partial charge in [0.1, 0.15) is 11.6 Å². The van der Waals surface area contributed by atoms with Gasteiger partial charge >= 0.3 is 0 Å². The topological polar surface area (TPSA) is 88.1 Å². The van der Waals surface area contributed by atoms with Gasteiger partial charge in [0.15, 0.2) is 5.84 Å². The fraction of sp³-hybridized carbons (Fsp3) is 0.417. The molecular weight excluding hydrogens is 239 g/mol. The van der Waals surface area contributed by atoms with Crippen LogP contribution in [-0.4, -0.2) is 29.4 Å². The first-order chi connectivity index (χ1) is 8.69. The summed E-state index contributed by atoms with van der Waals surface area (Å²) in [5, 5.41) is 20.1. The lowest BCUT2D eigenvalue weighted by atomic mass is 10.2. The number of oxime groups is 1. The Morgan fingerprint density at radius 3 is 2.78 bits per heavy atom. The van der Waals surface area contributed by atoms with E-state index < -0.39 is 5.82 Å². The van der Waals surface area contributed by atoms with Crippen LogP contribution in [0.15, 0.2) is 23.4 Å². The van der Waals surface area contributed by atoms with Crippen LogP contribution in [0.2, 0.25) is 0 Å². The molecule has 0 unspecified atom stereocenters. The average molecular weight is 256 g/mol. The molecule has 18 heavy (non-hydrogen) atoms. The maximum absolute atomic E-state index is 13.1. The van der Waals surface area contributed by atoms with Crippen molar-refractivity contribution in [3.8, 4) is 5.75 Å². The number of ether oxygens (including phenoxy) is 1. The van der Waals surface area contributed by atoms with Crippen molar-refractivity contribution in [2.75, 3.05) is 13.2 Å². The summed E-state index contributed by atoms with van der Waals surface area (Å²) < 4.78 is 18.5. The van der Waals surface area contributed by atoms with E-state index in [1.54, 1.807) is 0 Å². The molecule has 0 atom stereocenters. The van der Waals surface area contributed by atoms with Crippen LogP contribution in [0.5, 0.6) is 5.75 Å². The van der Waals surface area contributed by atoms with Crippen LogP contribution in [0.4, 0.5) is 4.39 Å². The Morgan fingerprint density at radius 1 is 1.33 bits per heavy atom. The molecule has 0 amide bonds. The van der Waals surface area contributed by atoms with E-state index in [2.05, 4.69) is 5.16 Å². The lowest BCUT2D eigenvalue weighted by Crippen LogP contribution is -2.15. The van der Waals surface area contributed by atoms with E-state index in [4.69, 9.17) is 20.8 Å². The second-order valence-corrected chi connectivity index (χ2v) is 3.76. The minimum absolute atomic E-state index is 0.159. The molecule has 6 heteroatoms. The molecule has 0 saturated carbocycles. The summed E-state index contributed by atoms with van der Waals surface area (Å²) in [6.45, 7) is 0.587. The highest BCUT2D eigenvalue weighted by Gasteiger charge is 2.09. The Bertz CT molecular complexity index is 410. The van der Waals surface area contributed by atoms with Gasteiger partial charge in [-0.1, -0.05) is 5.16 Å². The van der Waals surface area contributed by atoms with Gasteiger partial charge in [-0.3, -0.25) is 0 Å². The van der Waals surface area contributed by atoms with Crippen LogP contribution < -0.4 is 10.5 Å². The van der Waals surface area contributed by atoms with E-state index in [0.717, 1.165) is 25.3 Å². The molecule has 0 radical (unpaired) electrons. The van der Waals surface area contributed by atoms with Crippen LogP contribution in [0.1, 0.15) is 24.8 Å². The summed E-state index contributed by atoms with van der Waals surface area (Å²) in [7, 11) is 0. The van der Waals surface area contributed by atoms with Crippen molar-refractivity contribution < 1.29 is 19.4 Å². The van der Waals surface area contributed by atoms with E-state index in [0.29, 0.717) is 12.4 Å². The summed E-state index contributed by atoms with van der Waals surface area (Å²) in [6.07, 6.45) is 2.34. The number of unbranched alkanes of at least 4 members (excludes halogenated alkanes) is 2. The van der Waals surface area contributed by atoms with Crippen molar-refractivity contribution in [2.45, 2.75) is 19.3 Å². The van der Waals surface area contributed by atoms with Crippen molar-refractivity contribution in [1.29, 1.82) is 0 Å². The Morgan fingerprint density at radius 2 is 2.11 bits per heavy atom. The molecule has 0 bridgehead atoms. The van der Waals surface area contributed by atoms with Gasteiger partial charge in [0.05, 0.1) is 12.2 Å². The van der Waals surface area contributed by atoms with Gasteiger partial charge in [-0.15, -0.1) is 0 Å². The number of aliphatic hydroxyl groups is 1. The largest absolute Gasteiger partial charge is 0.493 e. The molecule has 0 saturated heterocycles. The molecule has 0 spiro atoms. The summed E-state index contributed by atoms with van der Waals surface area (Å²) in [6, 6.07) is 3.84. The number of halogens is 1. The molecule has 0 aliphatic heterocycles. The molecular formula is C12H17FN2O3. The minimum Gasteiger partial charge on any atom is -0.493 e. The first kappa shape index (κ1) is 14.2. The molecule has 4 N–H and O–H groups in total. The summed E-state index contributed by atoms with van der Waals surface area (Å²) in [4.78, 5) is 0. The van der Waals surface area contributed by atoms with Gasteiger partial charge in [0, 0.05) is 6.61 Å². The molecule has 100 valence electrons. The molecule has 5 nitrogen and oxygen atoms in total. The van der Waals surface area contributed by atoms with E-state index in [9.17, 15) is 4.39 Å². The molecule has 0 fully saturated rings. The van der Waals surface area contributed by atoms with E-state index in [-0.39, 0.29) is 18.0 Å². The number of aliphatic hydroxyl groups excluding tert-OH is 1.